The van der Waals surface area contributed by atoms with Crippen LogP contribution in [-0.2, 0) is 7.05 Å². The third-order valence-corrected chi connectivity index (χ3v) is 3.34. The molecule has 23 heavy (non-hydrogen) atoms. The zero-order valence-electron chi connectivity index (χ0n) is 13.4. The predicted molar refractivity (Wildman–Crippen MR) is 82.5 cm³/mol. The van der Waals surface area contributed by atoms with Gasteiger partial charge in [-0.1, -0.05) is 12.1 Å². The Morgan fingerprint density at radius 2 is 2.22 bits per heavy atom. The number of ether oxygens (including phenoxy) is 1. The quantitative estimate of drug-likeness (QED) is 0.879. The molecule has 8 heteroatoms. The number of aromatic nitrogens is 3. The topological polar surface area (TPSA) is 72.3 Å². The summed E-state index contributed by atoms with van der Waals surface area (Å²) >= 11 is 0. The maximum Gasteiger partial charge on any atom is 0.317 e. The minimum absolute atomic E-state index is 0.175. The van der Waals surface area contributed by atoms with Crippen LogP contribution in [0.3, 0.4) is 0 Å². The molecule has 1 unspecified atom stereocenters. The zero-order valence-corrected chi connectivity index (χ0v) is 13.4. The molecule has 7 nitrogen and oxygen atoms in total. The number of likely N-dealkylation sites (N-methyl/N-ethyl adjacent to an activating group) is 1. The summed E-state index contributed by atoms with van der Waals surface area (Å²) in [5.41, 5.74) is 0. The highest BCUT2D eigenvalue weighted by Gasteiger charge is 2.16. The third kappa shape index (κ3) is 4.41. The first-order valence-corrected chi connectivity index (χ1v) is 7.22. The Hall–Kier alpha value is -2.64. The lowest BCUT2D eigenvalue weighted by Gasteiger charge is -2.21. The Morgan fingerprint density at radius 3 is 2.87 bits per heavy atom. The standard InChI is InChI=1S/C15H20FN5O2/c1-11(14-19-17-10-21(14)3)18-15(22)20(2)8-9-23-13-7-5-4-6-12(13)16/h4-7,10-11H,8-9H2,1-3H3,(H,18,22). The molecule has 124 valence electrons. The number of urea groups is 1. The van der Waals surface area contributed by atoms with Crippen molar-refractivity contribution in [3.63, 3.8) is 0 Å². The number of nitrogens with zero attached hydrogens (tertiary/aromatic N) is 4. The van der Waals surface area contributed by atoms with Crippen molar-refractivity contribution in [1.82, 2.24) is 25.0 Å². The highest BCUT2D eigenvalue weighted by molar-refractivity contribution is 5.74. The van der Waals surface area contributed by atoms with Crippen LogP contribution in [0.15, 0.2) is 30.6 Å². The summed E-state index contributed by atoms with van der Waals surface area (Å²) in [6.45, 7) is 2.35. The Morgan fingerprint density at radius 1 is 1.48 bits per heavy atom. The van der Waals surface area contributed by atoms with Crippen LogP contribution < -0.4 is 10.1 Å². The van der Waals surface area contributed by atoms with E-state index in [1.807, 2.05) is 14.0 Å². The van der Waals surface area contributed by atoms with Gasteiger partial charge in [0.15, 0.2) is 17.4 Å². The van der Waals surface area contributed by atoms with Crippen molar-refractivity contribution in [1.29, 1.82) is 0 Å². The Bertz CT molecular complexity index is 661. The third-order valence-electron chi connectivity index (χ3n) is 3.34. The summed E-state index contributed by atoms with van der Waals surface area (Å²) in [6, 6.07) is 5.62. The number of hydrogen-bond donors (Lipinski definition) is 1. The minimum Gasteiger partial charge on any atom is -0.489 e. The molecule has 0 saturated heterocycles. The fourth-order valence-electron chi connectivity index (χ4n) is 2.00. The lowest BCUT2D eigenvalue weighted by Crippen LogP contribution is -2.41. The molecule has 0 bridgehead atoms. The monoisotopic (exact) mass is 321 g/mol. The van der Waals surface area contributed by atoms with Crippen molar-refractivity contribution >= 4 is 6.03 Å². The van der Waals surface area contributed by atoms with E-state index in [2.05, 4.69) is 15.5 Å². The van der Waals surface area contributed by atoms with E-state index in [1.54, 1.807) is 36.1 Å². The number of aryl methyl sites for hydroxylation is 1. The Labute approximate surface area is 134 Å². The lowest BCUT2D eigenvalue weighted by molar-refractivity contribution is 0.190. The van der Waals surface area contributed by atoms with Gasteiger partial charge in [-0.2, -0.15) is 0 Å². The van der Waals surface area contributed by atoms with Gasteiger partial charge in [-0.25, -0.2) is 9.18 Å². The molecule has 0 saturated carbocycles. The van der Waals surface area contributed by atoms with E-state index in [4.69, 9.17) is 4.74 Å². The van der Waals surface area contributed by atoms with E-state index < -0.39 is 5.82 Å². The van der Waals surface area contributed by atoms with Gasteiger partial charge in [0.1, 0.15) is 12.9 Å². The van der Waals surface area contributed by atoms with Crippen molar-refractivity contribution in [2.45, 2.75) is 13.0 Å². The van der Waals surface area contributed by atoms with Gasteiger partial charge in [0.2, 0.25) is 0 Å². The van der Waals surface area contributed by atoms with E-state index in [9.17, 15) is 9.18 Å². The van der Waals surface area contributed by atoms with Crippen LogP contribution in [0.25, 0.3) is 0 Å². The maximum atomic E-state index is 13.4. The number of benzene rings is 1. The summed E-state index contributed by atoms with van der Waals surface area (Å²) in [7, 11) is 3.45. The molecule has 2 aromatic rings. The number of rotatable bonds is 6. The molecule has 0 fully saturated rings. The van der Waals surface area contributed by atoms with Crippen LogP contribution in [0.1, 0.15) is 18.8 Å². The second kappa shape index (κ2) is 7.57. The summed E-state index contributed by atoms with van der Waals surface area (Å²) in [4.78, 5) is 13.6. The van der Waals surface area contributed by atoms with Crippen molar-refractivity contribution < 1.29 is 13.9 Å². The molecule has 0 spiro atoms. The molecule has 1 N–H and O–H groups in total. The summed E-state index contributed by atoms with van der Waals surface area (Å²) in [6.07, 6.45) is 1.57. The van der Waals surface area contributed by atoms with Crippen molar-refractivity contribution in [3.8, 4) is 5.75 Å². The molecular formula is C15H20FN5O2. The van der Waals surface area contributed by atoms with Gasteiger partial charge in [-0.05, 0) is 19.1 Å². The first kappa shape index (κ1) is 16.7. The molecule has 2 amide bonds. The number of amides is 2. The molecular weight excluding hydrogens is 301 g/mol. The van der Waals surface area contributed by atoms with Gasteiger partial charge >= 0.3 is 6.03 Å². The number of carbonyl (C=O) groups is 1. The lowest BCUT2D eigenvalue weighted by atomic mass is 10.3. The van der Waals surface area contributed by atoms with Gasteiger partial charge in [-0.15, -0.1) is 10.2 Å². The van der Waals surface area contributed by atoms with Gasteiger partial charge in [0.05, 0.1) is 12.6 Å². The van der Waals surface area contributed by atoms with Crippen LogP contribution >= 0.6 is 0 Å². The number of hydrogen-bond acceptors (Lipinski definition) is 4. The molecule has 1 heterocycles. The highest BCUT2D eigenvalue weighted by Crippen LogP contribution is 2.15. The molecule has 1 aromatic carbocycles. The fraction of sp³-hybridized carbons (Fsp3) is 0.400. The highest BCUT2D eigenvalue weighted by atomic mass is 19.1. The van der Waals surface area contributed by atoms with Gasteiger partial charge in [-0.3, -0.25) is 0 Å². The number of halogens is 1. The first-order valence-electron chi connectivity index (χ1n) is 7.22. The van der Waals surface area contributed by atoms with Crippen molar-refractivity contribution in [3.05, 3.63) is 42.2 Å². The van der Waals surface area contributed by atoms with Gasteiger partial charge in [0, 0.05) is 14.1 Å². The van der Waals surface area contributed by atoms with Gasteiger partial charge in [0.25, 0.3) is 0 Å². The minimum atomic E-state index is -0.421. The molecule has 0 aliphatic heterocycles. The maximum absolute atomic E-state index is 13.4. The normalized spacial score (nSPS) is 11.8. The second-order valence-electron chi connectivity index (χ2n) is 5.17. The summed E-state index contributed by atoms with van der Waals surface area (Å²) in [5, 5.41) is 10.5. The van der Waals surface area contributed by atoms with Crippen molar-refractivity contribution in [2.24, 2.45) is 7.05 Å². The van der Waals surface area contributed by atoms with E-state index in [1.165, 1.54) is 11.0 Å². The molecule has 0 radical (unpaired) electrons. The van der Waals surface area contributed by atoms with E-state index in [0.717, 1.165) is 0 Å². The van der Waals surface area contributed by atoms with Crippen LogP contribution in [0.4, 0.5) is 9.18 Å². The number of carbonyl (C=O) groups excluding carboxylic acids is 1. The SMILES string of the molecule is CC(NC(=O)N(C)CCOc1ccccc1F)c1nncn1C. The molecule has 0 aliphatic rings. The molecule has 0 aliphatic carbocycles. The summed E-state index contributed by atoms with van der Waals surface area (Å²) in [5.74, 6) is 0.415. The van der Waals surface area contributed by atoms with Crippen LogP contribution in [0, 0.1) is 5.82 Å². The smallest absolute Gasteiger partial charge is 0.317 e. The molecule has 1 atom stereocenters. The Balaban J connectivity index is 1.79. The average Bonchev–Trinajstić information content (AvgIpc) is 2.95. The van der Waals surface area contributed by atoms with Crippen LogP contribution in [0.2, 0.25) is 0 Å². The second-order valence-corrected chi connectivity index (χ2v) is 5.17. The zero-order chi connectivity index (χ0) is 16.8. The van der Waals surface area contributed by atoms with E-state index >= 15 is 0 Å². The van der Waals surface area contributed by atoms with Gasteiger partial charge < -0.3 is 19.5 Å². The number of nitrogens with one attached hydrogen (secondary N) is 1. The summed E-state index contributed by atoms with van der Waals surface area (Å²) < 4.78 is 20.5. The largest absolute Gasteiger partial charge is 0.489 e. The first-order chi connectivity index (χ1) is 11.0. The predicted octanol–water partition coefficient (Wildman–Crippen LogP) is 1.74. The average molecular weight is 321 g/mol. The fourth-order valence-corrected chi connectivity index (χ4v) is 2.00. The Kier molecular flexibility index (Phi) is 5.51. The van der Waals surface area contributed by atoms with E-state index in [0.29, 0.717) is 12.4 Å². The van der Waals surface area contributed by atoms with Crippen LogP contribution in [-0.4, -0.2) is 45.9 Å². The molecule has 2 rings (SSSR count). The van der Waals surface area contributed by atoms with Crippen molar-refractivity contribution in [2.75, 3.05) is 20.2 Å². The number of para-hydroxylation sites is 1. The van der Waals surface area contributed by atoms with E-state index in [-0.39, 0.29) is 24.4 Å². The van der Waals surface area contributed by atoms with Crippen LogP contribution in [0.5, 0.6) is 5.75 Å². The molecule has 1 aromatic heterocycles.